The minimum absolute atomic E-state index is 0.616. The molecule has 2 heterocycles. The molecule has 0 aliphatic heterocycles. The Morgan fingerprint density at radius 2 is 2.07 bits per heavy atom. The zero-order valence-corrected chi connectivity index (χ0v) is 7.46. The van der Waals surface area contributed by atoms with Crippen LogP contribution in [0.3, 0.4) is 0 Å². The number of rotatable bonds is 2. The molecule has 0 fully saturated rings. The summed E-state index contributed by atoms with van der Waals surface area (Å²) in [6, 6.07) is 3.73. The second-order valence-electron chi connectivity index (χ2n) is 2.76. The lowest BCUT2D eigenvalue weighted by molar-refractivity contribution is 0.590. The predicted octanol–water partition coefficient (Wildman–Crippen LogP) is 0.703. The van der Waals surface area contributed by atoms with Crippen LogP contribution in [0.5, 0.6) is 0 Å². The Balaban J connectivity index is 2.15. The third-order valence-electron chi connectivity index (χ3n) is 1.76. The first kappa shape index (κ1) is 8.45. The Hall–Kier alpha value is -2.15. The molecule has 0 N–H and O–H groups in total. The van der Waals surface area contributed by atoms with Gasteiger partial charge in [0.15, 0.2) is 0 Å². The van der Waals surface area contributed by atoms with Crippen LogP contribution in [0, 0.1) is 12.3 Å². The molecule has 0 amide bonds. The van der Waals surface area contributed by atoms with E-state index in [2.05, 4.69) is 21.1 Å². The van der Waals surface area contributed by atoms with Crippen LogP contribution in [0.25, 0.3) is 0 Å². The number of hydrogen-bond donors (Lipinski definition) is 0. The number of terminal acetylenes is 1. The van der Waals surface area contributed by atoms with E-state index in [4.69, 9.17) is 6.42 Å². The largest absolute Gasteiger partial charge is 0.247 e. The van der Waals surface area contributed by atoms with E-state index < -0.39 is 0 Å². The zero-order valence-electron chi connectivity index (χ0n) is 7.46. The van der Waals surface area contributed by atoms with Crippen molar-refractivity contribution in [2.75, 3.05) is 0 Å². The molecule has 0 radical (unpaired) electrons. The third kappa shape index (κ3) is 1.77. The summed E-state index contributed by atoms with van der Waals surface area (Å²) < 4.78 is 0. The van der Waals surface area contributed by atoms with E-state index in [9.17, 15) is 0 Å². The van der Waals surface area contributed by atoms with Crippen molar-refractivity contribution in [3.8, 4) is 12.3 Å². The molecule has 0 aromatic carbocycles. The van der Waals surface area contributed by atoms with Gasteiger partial charge in [0.2, 0.25) is 0 Å². The van der Waals surface area contributed by atoms with Gasteiger partial charge in [-0.1, -0.05) is 12.0 Å². The third-order valence-corrected chi connectivity index (χ3v) is 1.76. The average Bonchev–Trinajstić information content (AvgIpc) is 2.72. The maximum atomic E-state index is 5.19. The van der Waals surface area contributed by atoms with Crippen LogP contribution in [0.15, 0.2) is 30.7 Å². The highest BCUT2D eigenvalue weighted by Gasteiger charge is 1.96. The summed E-state index contributed by atoms with van der Waals surface area (Å²) in [7, 11) is 0. The van der Waals surface area contributed by atoms with Crippen molar-refractivity contribution < 1.29 is 0 Å². The van der Waals surface area contributed by atoms with E-state index in [1.807, 2.05) is 6.07 Å². The molecule has 2 aromatic heterocycles. The quantitative estimate of drug-likeness (QED) is 0.645. The van der Waals surface area contributed by atoms with Gasteiger partial charge >= 0.3 is 0 Å². The van der Waals surface area contributed by atoms with Gasteiger partial charge in [0.25, 0.3) is 0 Å². The van der Waals surface area contributed by atoms with E-state index in [-0.39, 0.29) is 0 Å². The van der Waals surface area contributed by atoms with Gasteiger partial charge in [0, 0.05) is 6.20 Å². The SMILES string of the molecule is C#Cc1ccc(Cn2nccn2)cn1. The smallest absolute Gasteiger partial charge is 0.112 e. The monoisotopic (exact) mass is 184 g/mol. The summed E-state index contributed by atoms with van der Waals surface area (Å²) in [5.41, 5.74) is 1.67. The van der Waals surface area contributed by atoms with Crippen LogP contribution in [0.1, 0.15) is 11.3 Å². The van der Waals surface area contributed by atoms with Gasteiger partial charge < -0.3 is 0 Å². The van der Waals surface area contributed by atoms with Crippen LogP contribution in [-0.4, -0.2) is 20.0 Å². The molecule has 0 aliphatic rings. The lowest BCUT2D eigenvalue weighted by Crippen LogP contribution is -2.03. The highest BCUT2D eigenvalue weighted by molar-refractivity contribution is 5.26. The number of nitrogens with zero attached hydrogens (tertiary/aromatic N) is 4. The van der Waals surface area contributed by atoms with Gasteiger partial charge in [0.1, 0.15) is 5.69 Å². The van der Waals surface area contributed by atoms with Crippen LogP contribution in [-0.2, 0) is 6.54 Å². The van der Waals surface area contributed by atoms with Gasteiger partial charge in [-0.15, -0.1) is 6.42 Å². The minimum Gasteiger partial charge on any atom is -0.247 e. The number of hydrogen-bond acceptors (Lipinski definition) is 3. The van der Waals surface area contributed by atoms with Crippen molar-refractivity contribution in [1.82, 2.24) is 20.0 Å². The van der Waals surface area contributed by atoms with Gasteiger partial charge in [-0.3, -0.25) is 0 Å². The summed E-state index contributed by atoms with van der Waals surface area (Å²) >= 11 is 0. The van der Waals surface area contributed by atoms with Crippen LogP contribution in [0.4, 0.5) is 0 Å². The first-order valence-corrected chi connectivity index (χ1v) is 4.14. The molecule has 2 aromatic rings. The van der Waals surface area contributed by atoms with E-state index in [1.165, 1.54) is 0 Å². The molecular formula is C10H8N4. The summed E-state index contributed by atoms with van der Waals surface area (Å²) in [5.74, 6) is 2.46. The minimum atomic E-state index is 0.616. The van der Waals surface area contributed by atoms with E-state index in [0.29, 0.717) is 12.2 Å². The molecule has 0 spiro atoms. The van der Waals surface area contributed by atoms with Crippen molar-refractivity contribution in [3.63, 3.8) is 0 Å². The lowest BCUT2D eigenvalue weighted by Gasteiger charge is -1.99. The van der Waals surface area contributed by atoms with E-state index >= 15 is 0 Å². The Morgan fingerprint density at radius 3 is 2.64 bits per heavy atom. The average molecular weight is 184 g/mol. The first-order chi connectivity index (χ1) is 6.88. The van der Waals surface area contributed by atoms with Crippen LogP contribution in [0.2, 0.25) is 0 Å². The molecule has 0 saturated heterocycles. The van der Waals surface area contributed by atoms with E-state index in [0.717, 1.165) is 5.56 Å². The standard InChI is InChI=1S/C10H8N4/c1-2-10-4-3-9(7-11-10)8-14-12-5-6-13-14/h1,3-7H,8H2. The molecule has 0 unspecified atom stereocenters. The van der Waals surface area contributed by atoms with Crippen molar-refractivity contribution in [3.05, 3.63) is 42.0 Å². The predicted molar refractivity (Wildman–Crippen MR) is 51.3 cm³/mol. The highest BCUT2D eigenvalue weighted by atomic mass is 15.5. The summed E-state index contributed by atoms with van der Waals surface area (Å²) in [6.07, 6.45) is 10.2. The summed E-state index contributed by atoms with van der Waals surface area (Å²) in [5, 5.41) is 7.98. The van der Waals surface area contributed by atoms with Crippen molar-refractivity contribution in [1.29, 1.82) is 0 Å². The van der Waals surface area contributed by atoms with Gasteiger partial charge in [-0.25, -0.2) is 4.98 Å². The fraction of sp³-hybridized carbons (Fsp3) is 0.100. The Kier molecular flexibility index (Phi) is 2.24. The van der Waals surface area contributed by atoms with Gasteiger partial charge in [-0.05, 0) is 11.6 Å². The molecule has 68 valence electrons. The van der Waals surface area contributed by atoms with Gasteiger partial charge in [-0.2, -0.15) is 15.0 Å². The zero-order chi connectivity index (χ0) is 9.80. The maximum Gasteiger partial charge on any atom is 0.112 e. The molecule has 4 nitrogen and oxygen atoms in total. The molecule has 14 heavy (non-hydrogen) atoms. The molecule has 0 atom stereocenters. The molecule has 0 aliphatic carbocycles. The highest BCUT2D eigenvalue weighted by Crippen LogP contribution is 2.00. The molecule has 4 heteroatoms. The topological polar surface area (TPSA) is 43.6 Å². The first-order valence-electron chi connectivity index (χ1n) is 4.14. The number of pyridine rings is 1. The second kappa shape index (κ2) is 3.71. The fourth-order valence-corrected chi connectivity index (χ4v) is 1.09. The fourth-order valence-electron chi connectivity index (χ4n) is 1.09. The van der Waals surface area contributed by atoms with Crippen molar-refractivity contribution in [2.45, 2.75) is 6.54 Å². The molecule has 0 saturated carbocycles. The Morgan fingerprint density at radius 1 is 1.29 bits per heavy atom. The van der Waals surface area contributed by atoms with Crippen LogP contribution < -0.4 is 0 Å². The number of aromatic nitrogens is 4. The molecular weight excluding hydrogens is 176 g/mol. The molecule has 2 rings (SSSR count). The normalized spacial score (nSPS) is 9.64. The Labute approximate surface area is 81.6 Å². The molecule has 0 bridgehead atoms. The van der Waals surface area contributed by atoms with Gasteiger partial charge in [0.05, 0.1) is 18.9 Å². The lowest BCUT2D eigenvalue weighted by atomic mass is 10.2. The summed E-state index contributed by atoms with van der Waals surface area (Å²) in [4.78, 5) is 5.66. The van der Waals surface area contributed by atoms with Crippen LogP contribution >= 0.6 is 0 Å². The maximum absolute atomic E-state index is 5.19. The van der Waals surface area contributed by atoms with Crippen molar-refractivity contribution in [2.24, 2.45) is 0 Å². The van der Waals surface area contributed by atoms with Crippen molar-refractivity contribution >= 4 is 0 Å². The Bertz CT molecular complexity index is 436. The van der Waals surface area contributed by atoms with E-state index in [1.54, 1.807) is 29.5 Å². The summed E-state index contributed by atoms with van der Waals surface area (Å²) in [6.45, 7) is 0.616. The second-order valence-corrected chi connectivity index (χ2v) is 2.76.